The van der Waals surface area contributed by atoms with Gasteiger partial charge in [-0.15, -0.1) is 10.2 Å². The smallest absolute Gasteiger partial charge is 0.185 e. The van der Waals surface area contributed by atoms with Gasteiger partial charge in [-0.1, -0.05) is 12.1 Å². The molecule has 3 heterocycles. The minimum atomic E-state index is 0.0449. The first-order chi connectivity index (χ1) is 14.6. The fourth-order valence-corrected chi connectivity index (χ4v) is 4.72. The number of phenols is 1. The molecule has 3 aromatic rings. The molecule has 0 radical (unpaired) electrons. The molecule has 1 fully saturated rings. The van der Waals surface area contributed by atoms with Crippen molar-refractivity contribution < 1.29 is 5.11 Å². The molecule has 1 aromatic carbocycles. The number of hydrogen-bond acceptors (Lipinski definition) is 7. The van der Waals surface area contributed by atoms with E-state index in [1.54, 1.807) is 24.7 Å². The largest absolute Gasteiger partial charge is 0.507 e. The summed E-state index contributed by atoms with van der Waals surface area (Å²) in [7, 11) is 2.05. The molecular formula is C24H30N6O. The normalized spacial score (nSPS) is 18.0. The molecule has 2 aromatic heterocycles. The summed E-state index contributed by atoms with van der Waals surface area (Å²) in [6.07, 6.45) is 7.24. The van der Waals surface area contributed by atoms with Crippen LogP contribution in [0.15, 0.2) is 48.9 Å². The molecule has 162 valence electrons. The minimum absolute atomic E-state index is 0.0449. The second kappa shape index (κ2) is 7.89. The van der Waals surface area contributed by atoms with E-state index in [4.69, 9.17) is 0 Å². The quantitative estimate of drug-likeness (QED) is 0.661. The molecule has 4 rings (SSSR count). The highest BCUT2D eigenvalue weighted by molar-refractivity contribution is 5.72. The Bertz CT molecular complexity index is 1030. The number of aromatic nitrogens is 4. The predicted molar refractivity (Wildman–Crippen MR) is 123 cm³/mol. The first-order valence-electron chi connectivity index (χ1n) is 10.6. The van der Waals surface area contributed by atoms with E-state index in [0.29, 0.717) is 17.4 Å². The third-order valence-corrected chi connectivity index (χ3v) is 5.86. The van der Waals surface area contributed by atoms with E-state index in [0.717, 1.165) is 29.8 Å². The summed E-state index contributed by atoms with van der Waals surface area (Å²) in [6, 6.07) is 9.60. The molecule has 7 heteroatoms. The topological polar surface area (TPSA) is 87.1 Å². The van der Waals surface area contributed by atoms with E-state index in [-0.39, 0.29) is 16.8 Å². The van der Waals surface area contributed by atoms with Crippen molar-refractivity contribution in [2.45, 2.75) is 57.7 Å². The van der Waals surface area contributed by atoms with Gasteiger partial charge in [0.1, 0.15) is 5.75 Å². The zero-order valence-corrected chi connectivity index (χ0v) is 18.8. The monoisotopic (exact) mass is 418 g/mol. The van der Waals surface area contributed by atoms with Gasteiger partial charge in [0.2, 0.25) is 0 Å². The van der Waals surface area contributed by atoms with Gasteiger partial charge in [-0.05, 0) is 64.3 Å². The fraction of sp³-hybridized carbons (Fsp3) is 0.417. The third-order valence-electron chi connectivity index (χ3n) is 5.86. The first-order valence-corrected chi connectivity index (χ1v) is 10.6. The lowest BCUT2D eigenvalue weighted by atomic mass is 9.79. The number of nitrogens with zero attached hydrogens (tertiary/aromatic N) is 5. The third kappa shape index (κ3) is 4.66. The maximum Gasteiger partial charge on any atom is 0.185 e. The fourth-order valence-electron chi connectivity index (χ4n) is 4.72. The lowest BCUT2D eigenvalue weighted by Gasteiger charge is -2.49. The van der Waals surface area contributed by atoms with Crippen molar-refractivity contribution in [1.29, 1.82) is 0 Å². The molecule has 2 N–H and O–H groups in total. The van der Waals surface area contributed by atoms with Gasteiger partial charge < -0.3 is 15.3 Å². The van der Waals surface area contributed by atoms with Crippen LogP contribution < -0.4 is 10.2 Å². The van der Waals surface area contributed by atoms with E-state index < -0.39 is 0 Å². The van der Waals surface area contributed by atoms with Crippen LogP contribution in [-0.2, 0) is 0 Å². The molecule has 0 aliphatic carbocycles. The molecule has 31 heavy (non-hydrogen) atoms. The summed E-state index contributed by atoms with van der Waals surface area (Å²) in [5.74, 6) is 1.25. The highest BCUT2D eigenvalue weighted by atomic mass is 16.3. The molecular weight excluding hydrogens is 388 g/mol. The summed E-state index contributed by atoms with van der Waals surface area (Å²) in [6.45, 7) is 8.94. The Morgan fingerprint density at radius 2 is 1.74 bits per heavy atom. The van der Waals surface area contributed by atoms with Gasteiger partial charge in [0.05, 0.1) is 11.8 Å². The standard InChI is InChI=1S/C24H30N6O/c1-23(2)12-18(13-24(3,4)29-23)30(5)21-15-26-22(28-27-21)19-9-8-16(11-20(19)31)17-7-6-10-25-14-17/h6-11,14-15,18,29,31H,12-13H2,1-5H3. The zero-order chi connectivity index (χ0) is 22.2. The zero-order valence-electron chi connectivity index (χ0n) is 18.8. The highest BCUT2D eigenvalue weighted by Crippen LogP contribution is 2.34. The van der Waals surface area contributed by atoms with Crippen molar-refractivity contribution in [3.05, 3.63) is 48.9 Å². The molecule has 0 amide bonds. The summed E-state index contributed by atoms with van der Waals surface area (Å²) in [4.78, 5) is 10.8. The maximum atomic E-state index is 10.6. The van der Waals surface area contributed by atoms with Crippen molar-refractivity contribution in [2.24, 2.45) is 0 Å². The van der Waals surface area contributed by atoms with Crippen LogP contribution in [0.25, 0.3) is 22.5 Å². The van der Waals surface area contributed by atoms with Gasteiger partial charge >= 0.3 is 0 Å². The van der Waals surface area contributed by atoms with Gasteiger partial charge in [-0.2, -0.15) is 0 Å². The molecule has 0 spiro atoms. The molecule has 1 aliphatic heterocycles. The number of hydrogen-bond donors (Lipinski definition) is 2. The van der Waals surface area contributed by atoms with E-state index in [2.05, 4.69) is 58.1 Å². The number of piperidine rings is 1. The van der Waals surface area contributed by atoms with Gasteiger partial charge in [-0.3, -0.25) is 4.98 Å². The number of rotatable bonds is 4. The van der Waals surface area contributed by atoms with Crippen LogP contribution in [0.5, 0.6) is 5.75 Å². The van der Waals surface area contributed by atoms with Gasteiger partial charge in [-0.25, -0.2) is 4.98 Å². The van der Waals surface area contributed by atoms with E-state index in [9.17, 15) is 5.11 Å². The molecule has 7 nitrogen and oxygen atoms in total. The number of anilines is 1. The molecule has 0 bridgehead atoms. The molecule has 1 saturated heterocycles. The number of aromatic hydroxyl groups is 1. The van der Waals surface area contributed by atoms with Crippen LogP contribution in [-0.4, -0.2) is 49.4 Å². The second-order valence-corrected chi connectivity index (χ2v) is 9.68. The summed E-state index contributed by atoms with van der Waals surface area (Å²) < 4.78 is 0. The number of nitrogens with one attached hydrogen (secondary N) is 1. The van der Waals surface area contributed by atoms with Crippen molar-refractivity contribution in [1.82, 2.24) is 25.5 Å². The van der Waals surface area contributed by atoms with Crippen molar-refractivity contribution in [3.8, 4) is 28.3 Å². The van der Waals surface area contributed by atoms with Crippen molar-refractivity contribution >= 4 is 5.82 Å². The Labute approximate surface area is 183 Å². The van der Waals surface area contributed by atoms with Crippen LogP contribution in [0.1, 0.15) is 40.5 Å². The number of phenolic OH excluding ortho intramolecular Hbond substituents is 1. The van der Waals surface area contributed by atoms with Crippen LogP contribution in [0.2, 0.25) is 0 Å². The Balaban J connectivity index is 1.54. The number of pyridine rings is 1. The predicted octanol–water partition coefficient (Wildman–Crippen LogP) is 4.05. The minimum Gasteiger partial charge on any atom is -0.507 e. The molecule has 0 atom stereocenters. The molecule has 1 aliphatic rings. The second-order valence-electron chi connectivity index (χ2n) is 9.68. The molecule has 0 saturated carbocycles. The number of benzene rings is 1. The SMILES string of the molecule is CN(c1cnc(-c2ccc(-c3cccnc3)cc2O)nn1)C1CC(C)(C)NC(C)(C)C1. The van der Waals surface area contributed by atoms with Gasteiger partial charge in [0, 0.05) is 42.1 Å². The average Bonchev–Trinajstić information content (AvgIpc) is 2.72. The molecule has 0 unspecified atom stereocenters. The van der Waals surface area contributed by atoms with E-state index in [1.807, 2.05) is 31.3 Å². The Kier molecular flexibility index (Phi) is 5.39. The average molecular weight is 419 g/mol. The van der Waals surface area contributed by atoms with Crippen molar-refractivity contribution in [2.75, 3.05) is 11.9 Å². The van der Waals surface area contributed by atoms with E-state index in [1.165, 1.54) is 0 Å². The Morgan fingerprint density at radius 1 is 1.00 bits per heavy atom. The maximum absolute atomic E-state index is 10.6. The van der Waals surface area contributed by atoms with Crippen molar-refractivity contribution in [3.63, 3.8) is 0 Å². The van der Waals surface area contributed by atoms with Crippen LogP contribution in [0.4, 0.5) is 5.82 Å². The summed E-state index contributed by atoms with van der Waals surface area (Å²) >= 11 is 0. The highest BCUT2D eigenvalue weighted by Gasteiger charge is 2.39. The van der Waals surface area contributed by atoms with Crippen LogP contribution in [0, 0.1) is 0 Å². The first kappa shape index (κ1) is 21.2. The van der Waals surface area contributed by atoms with E-state index >= 15 is 0 Å². The Hall–Kier alpha value is -3.06. The van der Waals surface area contributed by atoms with Gasteiger partial charge in [0.15, 0.2) is 11.6 Å². The lowest BCUT2D eigenvalue weighted by Crippen LogP contribution is -2.62. The Morgan fingerprint density at radius 3 is 2.32 bits per heavy atom. The van der Waals surface area contributed by atoms with Crippen LogP contribution >= 0.6 is 0 Å². The van der Waals surface area contributed by atoms with Crippen LogP contribution in [0.3, 0.4) is 0 Å². The van der Waals surface area contributed by atoms with Gasteiger partial charge in [0.25, 0.3) is 0 Å². The lowest BCUT2D eigenvalue weighted by molar-refractivity contribution is 0.160. The summed E-state index contributed by atoms with van der Waals surface area (Å²) in [5, 5.41) is 23.0. The summed E-state index contributed by atoms with van der Waals surface area (Å²) in [5.41, 5.74) is 2.47.